The lowest BCUT2D eigenvalue weighted by molar-refractivity contribution is -0.115. The number of nitrogens with zero attached hydrogens (tertiary/aromatic N) is 2. The van der Waals surface area contributed by atoms with Crippen LogP contribution in [0.25, 0.3) is 5.69 Å². The van der Waals surface area contributed by atoms with Crippen LogP contribution in [-0.2, 0) is 18.3 Å². The molecule has 0 atom stereocenters. The molecule has 0 aliphatic carbocycles. The fourth-order valence-electron chi connectivity index (χ4n) is 3.73. The Kier molecular flexibility index (Phi) is 6.45. The largest absolute Gasteiger partial charge is 0.326 e. The van der Waals surface area contributed by atoms with Gasteiger partial charge in [0.25, 0.3) is 11.5 Å². The first kappa shape index (κ1) is 22.8. The summed E-state index contributed by atoms with van der Waals surface area (Å²) < 4.78 is 3.21. The van der Waals surface area contributed by atoms with E-state index in [9.17, 15) is 14.4 Å². The molecule has 2 amide bonds. The summed E-state index contributed by atoms with van der Waals surface area (Å²) in [4.78, 5) is 38.5. The summed E-state index contributed by atoms with van der Waals surface area (Å²) in [5.41, 5.74) is 4.12. The molecule has 172 valence electrons. The standard InChI is InChI=1S/C27H26N4O3/c1-18-12-14-20(15-13-18)16-24(32)28-22-9-7-8-21(17-22)26(33)29-25-19(2)30(3)31(27(25)34)23-10-5-4-6-11-23/h4-15,17H,16H2,1-3H3,(H,28,32)(H,29,33). The quantitative estimate of drug-likeness (QED) is 0.457. The Hall–Kier alpha value is -4.39. The summed E-state index contributed by atoms with van der Waals surface area (Å²) in [6, 6.07) is 23.6. The lowest BCUT2D eigenvalue weighted by atomic mass is 10.1. The highest BCUT2D eigenvalue weighted by molar-refractivity contribution is 6.05. The van der Waals surface area contributed by atoms with Gasteiger partial charge in [-0.25, -0.2) is 4.68 Å². The number of aryl methyl sites for hydroxylation is 1. The molecular formula is C27H26N4O3. The van der Waals surface area contributed by atoms with Crippen molar-refractivity contribution in [3.05, 3.63) is 112 Å². The summed E-state index contributed by atoms with van der Waals surface area (Å²) in [6.07, 6.45) is 0.235. The lowest BCUT2D eigenvalue weighted by Gasteiger charge is -2.08. The molecule has 7 nitrogen and oxygen atoms in total. The van der Waals surface area contributed by atoms with Gasteiger partial charge in [0.15, 0.2) is 0 Å². The third-order valence-corrected chi connectivity index (χ3v) is 5.69. The molecule has 1 heterocycles. The summed E-state index contributed by atoms with van der Waals surface area (Å²) in [5, 5.41) is 5.58. The van der Waals surface area contributed by atoms with Crippen molar-refractivity contribution in [3.63, 3.8) is 0 Å². The van der Waals surface area contributed by atoms with E-state index in [-0.39, 0.29) is 23.6 Å². The zero-order valence-electron chi connectivity index (χ0n) is 19.3. The van der Waals surface area contributed by atoms with Gasteiger partial charge in [-0.15, -0.1) is 0 Å². The van der Waals surface area contributed by atoms with Gasteiger partial charge in [-0.2, -0.15) is 0 Å². The summed E-state index contributed by atoms with van der Waals surface area (Å²) in [5.74, 6) is -0.605. The highest BCUT2D eigenvalue weighted by atomic mass is 16.2. The molecular weight excluding hydrogens is 428 g/mol. The smallest absolute Gasteiger partial charge is 0.295 e. The van der Waals surface area contributed by atoms with E-state index in [1.807, 2.05) is 61.5 Å². The maximum atomic E-state index is 13.1. The molecule has 0 radical (unpaired) electrons. The zero-order valence-corrected chi connectivity index (χ0v) is 19.3. The van der Waals surface area contributed by atoms with Gasteiger partial charge >= 0.3 is 0 Å². The van der Waals surface area contributed by atoms with Crippen molar-refractivity contribution in [1.29, 1.82) is 0 Å². The normalized spacial score (nSPS) is 10.7. The Morgan fingerprint density at radius 2 is 1.56 bits per heavy atom. The number of carbonyl (C=O) groups is 2. The monoisotopic (exact) mass is 454 g/mol. The first-order valence-electron chi connectivity index (χ1n) is 10.9. The average molecular weight is 455 g/mol. The summed E-state index contributed by atoms with van der Waals surface area (Å²) >= 11 is 0. The van der Waals surface area contributed by atoms with Gasteiger partial charge in [0, 0.05) is 18.3 Å². The number of rotatable bonds is 6. The Morgan fingerprint density at radius 3 is 2.26 bits per heavy atom. The number of nitrogens with one attached hydrogen (secondary N) is 2. The Labute approximate surface area is 197 Å². The fraction of sp³-hybridized carbons (Fsp3) is 0.148. The van der Waals surface area contributed by atoms with Crippen LogP contribution < -0.4 is 16.2 Å². The second kappa shape index (κ2) is 9.62. The molecule has 0 fully saturated rings. The molecule has 0 aliphatic rings. The Bertz CT molecular complexity index is 1400. The molecule has 0 saturated heterocycles. The third kappa shape index (κ3) is 4.83. The molecule has 1 aromatic heterocycles. The topological polar surface area (TPSA) is 85.1 Å². The van der Waals surface area contributed by atoms with Gasteiger partial charge in [-0.05, 0) is 49.7 Å². The number of hydrogen-bond donors (Lipinski definition) is 2. The molecule has 34 heavy (non-hydrogen) atoms. The highest BCUT2D eigenvalue weighted by Crippen LogP contribution is 2.17. The van der Waals surface area contributed by atoms with E-state index < -0.39 is 5.91 Å². The van der Waals surface area contributed by atoms with Gasteiger partial charge in [0.2, 0.25) is 5.91 Å². The van der Waals surface area contributed by atoms with Crippen LogP contribution in [-0.4, -0.2) is 21.2 Å². The third-order valence-electron chi connectivity index (χ3n) is 5.69. The van der Waals surface area contributed by atoms with Crippen molar-refractivity contribution >= 4 is 23.2 Å². The van der Waals surface area contributed by atoms with Crippen LogP contribution in [0.4, 0.5) is 11.4 Å². The zero-order chi connectivity index (χ0) is 24.2. The first-order valence-corrected chi connectivity index (χ1v) is 10.9. The number of hydrogen-bond acceptors (Lipinski definition) is 3. The van der Waals surface area contributed by atoms with Crippen LogP contribution in [0, 0.1) is 13.8 Å². The number of para-hydroxylation sites is 1. The van der Waals surface area contributed by atoms with Crippen LogP contribution in [0.3, 0.4) is 0 Å². The lowest BCUT2D eigenvalue weighted by Crippen LogP contribution is -2.23. The van der Waals surface area contributed by atoms with Gasteiger partial charge in [0.05, 0.1) is 17.8 Å². The van der Waals surface area contributed by atoms with E-state index in [4.69, 9.17) is 0 Å². The molecule has 7 heteroatoms. The molecule has 2 N–H and O–H groups in total. The minimum Gasteiger partial charge on any atom is -0.326 e. The molecule has 0 aliphatic heterocycles. The fourth-order valence-corrected chi connectivity index (χ4v) is 3.73. The van der Waals surface area contributed by atoms with Crippen LogP contribution in [0.15, 0.2) is 83.7 Å². The second-order valence-corrected chi connectivity index (χ2v) is 8.18. The van der Waals surface area contributed by atoms with Crippen molar-refractivity contribution < 1.29 is 9.59 Å². The second-order valence-electron chi connectivity index (χ2n) is 8.18. The van der Waals surface area contributed by atoms with E-state index in [0.29, 0.717) is 22.6 Å². The SMILES string of the molecule is Cc1ccc(CC(=O)Nc2cccc(C(=O)Nc3c(C)n(C)n(-c4ccccc4)c3=O)c2)cc1. The Balaban J connectivity index is 1.50. The molecule has 3 aromatic carbocycles. The summed E-state index contributed by atoms with van der Waals surface area (Å²) in [7, 11) is 1.77. The van der Waals surface area contributed by atoms with Crippen LogP contribution >= 0.6 is 0 Å². The van der Waals surface area contributed by atoms with Crippen molar-refractivity contribution in [1.82, 2.24) is 9.36 Å². The number of benzene rings is 3. The minimum absolute atomic E-state index is 0.175. The van der Waals surface area contributed by atoms with Crippen LogP contribution in [0.5, 0.6) is 0 Å². The van der Waals surface area contributed by atoms with Gasteiger partial charge in [0.1, 0.15) is 5.69 Å². The van der Waals surface area contributed by atoms with E-state index in [2.05, 4.69) is 10.6 Å². The predicted molar refractivity (Wildman–Crippen MR) is 134 cm³/mol. The number of aromatic nitrogens is 2. The van der Waals surface area contributed by atoms with E-state index >= 15 is 0 Å². The van der Waals surface area contributed by atoms with Crippen molar-refractivity contribution in [3.8, 4) is 5.69 Å². The number of carbonyl (C=O) groups excluding carboxylic acids is 2. The van der Waals surface area contributed by atoms with Gasteiger partial charge in [-0.3, -0.25) is 19.1 Å². The molecule has 0 spiro atoms. The van der Waals surface area contributed by atoms with Crippen LogP contribution in [0.2, 0.25) is 0 Å². The molecule has 0 saturated carbocycles. The first-order chi connectivity index (χ1) is 16.3. The van der Waals surface area contributed by atoms with E-state index in [1.165, 1.54) is 4.68 Å². The Morgan fingerprint density at radius 1 is 0.853 bits per heavy atom. The molecule has 4 rings (SSSR count). The number of amides is 2. The maximum absolute atomic E-state index is 13.1. The molecule has 0 bridgehead atoms. The van der Waals surface area contributed by atoms with Gasteiger partial charge < -0.3 is 10.6 Å². The predicted octanol–water partition coefficient (Wildman–Crippen LogP) is 4.23. The van der Waals surface area contributed by atoms with Crippen molar-refractivity contribution in [2.75, 3.05) is 10.6 Å². The van der Waals surface area contributed by atoms with Gasteiger partial charge in [-0.1, -0.05) is 54.1 Å². The van der Waals surface area contributed by atoms with Crippen LogP contribution in [0.1, 0.15) is 27.2 Å². The number of anilines is 2. The molecule has 4 aromatic rings. The van der Waals surface area contributed by atoms with Crippen molar-refractivity contribution in [2.45, 2.75) is 20.3 Å². The molecule has 0 unspecified atom stereocenters. The van der Waals surface area contributed by atoms with E-state index in [0.717, 1.165) is 11.1 Å². The minimum atomic E-state index is -0.430. The van der Waals surface area contributed by atoms with Crippen molar-refractivity contribution in [2.24, 2.45) is 7.05 Å². The summed E-state index contributed by atoms with van der Waals surface area (Å²) in [6.45, 7) is 3.77. The van der Waals surface area contributed by atoms with E-state index in [1.54, 1.807) is 42.9 Å². The maximum Gasteiger partial charge on any atom is 0.295 e. The highest BCUT2D eigenvalue weighted by Gasteiger charge is 2.19. The average Bonchev–Trinajstić information content (AvgIpc) is 3.04.